The van der Waals surface area contributed by atoms with Crippen LogP contribution in [0.25, 0.3) is 0 Å². The normalized spacial score (nSPS) is 10.5. The van der Waals surface area contributed by atoms with E-state index >= 15 is 0 Å². The quantitative estimate of drug-likeness (QED) is 0.627. The van der Waals surface area contributed by atoms with Crippen LogP contribution in [0.4, 0.5) is 10.1 Å². The third kappa shape index (κ3) is 5.92. The van der Waals surface area contributed by atoms with E-state index in [1.54, 1.807) is 6.07 Å². The molecule has 0 spiro atoms. The van der Waals surface area contributed by atoms with Crippen molar-refractivity contribution in [3.05, 3.63) is 29.0 Å². The van der Waals surface area contributed by atoms with Gasteiger partial charge in [0.1, 0.15) is 5.82 Å². The zero-order chi connectivity index (χ0) is 12.5. The maximum absolute atomic E-state index is 12.8. The average molecular weight is 258 g/mol. The number of halogens is 2. The zero-order valence-electron chi connectivity index (χ0n) is 10.4. The molecule has 0 bridgehead atoms. The Kier molecular flexibility index (Phi) is 7.02. The van der Waals surface area contributed by atoms with Crippen molar-refractivity contribution in [2.75, 3.05) is 11.9 Å². The van der Waals surface area contributed by atoms with Gasteiger partial charge in [-0.1, -0.05) is 50.6 Å². The minimum atomic E-state index is -0.292. The lowest BCUT2D eigenvalue weighted by molar-refractivity contribution is 0.616. The van der Waals surface area contributed by atoms with E-state index in [1.807, 2.05) is 0 Å². The van der Waals surface area contributed by atoms with Gasteiger partial charge in [-0.05, 0) is 24.6 Å². The number of benzene rings is 1. The Labute approximate surface area is 108 Å². The van der Waals surface area contributed by atoms with Gasteiger partial charge >= 0.3 is 0 Å². The first-order chi connectivity index (χ1) is 8.24. The molecule has 0 heterocycles. The first kappa shape index (κ1) is 14.3. The van der Waals surface area contributed by atoms with E-state index < -0.39 is 0 Å². The van der Waals surface area contributed by atoms with Crippen LogP contribution in [0.2, 0.25) is 5.02 Å². The van der Waals surface area contributed by atoms with Gasteiger partial charge in [0.2, 0.25) is 0 Å². The number of nitrogens with one attached hydrogen (secondary N) is 1. The maximum Gasteiger partial charge on any atom is 0.124 e. The molecule has 0 aliphatic heterocycles. The molecule has 0 aliphatic rings. The molecule has 1 rings (SSSR count). The molecule has 0 aliphatic carbocycles. The van der Waals surface area contributed by atoms with Crippen LogP contribution < -0.4 is 5.32 Å². The van der Waals surface area contributed by atoms with E-state index in [9.17, 15) is 4.39 Å². The van der Waals surface area contributed by atoms with E-state index in [2.05, 4.69) is 12.2 Å². The average Bonchev–Trinajstić information content (AvgIpc) is 2.30. The van der Waals surface area contributed by atoms with Crippen molar-refractivity contribution in [3.63, 3.8) is 0 Å². The molecule has 1 aromatic carbocycles. The predicted octanol–water partition coefficient (Wildman–Crippen LogP) is 5.25. The predicted molar refractivity (Wildman–Crippen MR) is 73.3 cm³/mol. The van der Waals surface area contributed by atoms with Gasteiger partial charge in [0.05, 0.1) is 10.7 Å². The highest BCUT2D eigenvalue weighted by atomic mass is 35.5. The van der Waals surface area contributed by atoms with Gasteiger partial charge < -0.3 is 5.32 Å². The summed E-state index contributed by atoms with van der Waals surface area (Å²) in [5.41, 5.74) is 0.821. The molecule has 0 aromatic heterocycles. The fourth-order valence-electron chi connectivity index (χ4n) is 1.76. The summed E-state index contributed by atoms with van der Waals surface area (Å²) in [5, 5.41) is 3.69. The van der Waals surface area contributed by atoms with Crippen molar-refractivity contribution in [2.24, 2.45) is 0 Å². The summed E-state index contributed by atoms with van der Waals surface area (Å²) in [6.07, 6.45) is 7.62. The maximum atomic E-state index is 12.8. The zero-order valence-corrected chi connectivity index (χ0v) is 11.2. The summed E-state index contributed by atoms with van der Waals surface area (Å²) in [5.74, 6) is -0.292. The van der Waals surface area contributed by atoms with Gasteiger partial charge in [-0.25, -0.2) is 4.39 Å². The van der Waals surface area contributed by atoms with Crippen LogP contribution in [0.1, 0.15) is 45.4 Å². The second-order valence-corrected chi connectivity index (χ2v) is 4.73. The highest BCUT2D eigenvalue weighted by Gasteiger charge is 2.00. The molecule has 3 heteroatoms. The third-order valence-electron chi connectivity index (χ3n) is 2.78. The lowest BCUT2D eigenvalue weighted by Gasteiger charge is -2.08. The number of rotatable bonds is 8. The van der Waals surface area contributed by atoms with Crippen LogP contribution in [-0.2, 0) is 0 Å². The highest BCUT2D eigenvalue weighted by molar-refractivity contribution is 6.33. The summed E-state index contributed by atoms with van der Waals surface area (Å²) in [6, 6.07) is 4.45. The van der Waals surface area contributed by atoms with Crippen LogP contribution in [0, 0.1) is 5.82 Å². The van der Waals surface area contributed by atoms with E-state index in [1.165, 1.54) is 44.2 Å². The van der Waals surface area contributed by atoms with Crippen molar-refractivity contribution in [3.8, 4) is 0 Å². The molecule has 0 unspecified atom stereocenters. The highest BCUT2D eigenvalue weighted by Crippen LogP contribution is 2.22. The van der Waals surface area contributed by atoms with Gasteiger partial charge in [-0.15, -0.1) is 0 Å². The fourth-order valence-corrected chi connectivity index (χ4v) is 2.00. The van der Waals surface area contributed by atoms with Crippen molar-refractivity contribution < 1.29 is 4.39 Å². The Morgan fingerprint density at radius 1 is 1.12 bits per heavy atom. The van der Waals surface area contributed by atoms with E-state index in [-0.39, 0.29) is 5.82 Å². The number of hydrogen-bond acceptors (Lipinski definition) is 1. The van der Waals surface area contributed by atoms with Crippen molar-refractivity contribution >= 4 is 17.3 Å². The Balaban J connectivity index is 2.14. The van der Waals surface area contributed by atoms with E-state index in [4.69, 9.17) is 11.6 Å². The van der Waals surface area contributed by atoms with Gasteiger partial charge in [-0.2, -0.15) is 0 Å². The standard InChI is InChI=1S/C14H21ClFN/c1-2-3-4-5-6-7-10-17-14-9-8-12(16)11-13(14)15/h8-9,11,17H,2-7,10H2,1H3. The van der Waals surface area contributed by atoms with Crippen LogP contribution in [0.15, 0.2) is 18.2 Å². The summed E-state index contributed by atoms with van der Waals surface area (Å²) in [4.78, 5) is 0. The Morgan fingerprint density at radius 3 is 2.53 bits per heavy atom. The van der Waals surface area contributed by atoms with E-state index in [0.29, 0.717) is 5.02 Å². The molecular weight excluding hydrogens is 237 g/mol. The molecule has 0 saturated heterocycles. The molecule has 96 valence electrons. The van der Waals surface area contributed by atoms with Crippen LogP contribution in [-0.4, -0.2) is 6.54 Å². The molecule has 0 fully saturated rings. The van der Waals surface area contributed by atoms with Crippen LogP contribution in [0.3, 0.4) is 0 Å². The fraction of sp³-hybridized carbons (Fsp3) is 0.571. The molecule has 1 N–H and O–H groups in total. The van der Waals surface area contributed by atoms with Crippen molar-refractivity contribution in [1.82, 2.24) is 0 Å². The molecule has 17 heavy (non-hydrogen) atoms. The number of anilines is 1. The molecule has 1 nitrogen and oxygen atoms in total. The summed E-state index contributed by atoms with van der Waals surface area (Å²) >= 11 is 5.91. The van der Waals surface area contributed by atoms with Crippen LogP contribution >= 0.6 is 11.6 Å². The molecule has 0 amide bonds. The number of hydrogen-bond donors (Lipinski definition) is 1. The third-order valence-corrected chi connectivity index (χ3v) is 3.09. The molecular formula is C14H21ClFN. The molecule has 1 aromatic rings. The summed E-state index contributed by atoms with van der Waals surface area (Å²) in [7, 11) is 0. The summed E-state index contributed by atoms with van der Waals surface area (Å²) in [6.45, 7) is 3.12. The Bertz CT molecular complexity index is 328. The second-order valence-electron chi connectivity index (χ2n) is 4.32. The molecule has 0 radical (unpaired) electrons. The molecule has 0 saturated carbocycles. The van der Waals surface area contributed by atoms with Gasteiger partial charge in [0, 0.05) is 6.54 Å². The number of unbranched alkanes of at least 4 members (excludes halogenated alkanes) is 5. The lowest BCUT2D eigenvalue weighted by Crippen LogP contribution is -2.02. The topological polar surface area (TPSA) is 12.0 Å². The molecule has 0 atom stereocenters. The minimum absolute atomic E-state index is 0.292. The minimum Gasteiger partial charge on any atom is -0.384 e. The van der Waals surface area contributed by atoms with Crippen molar-refractivity contribution in [1.29, 1.82) is 0 Å². The Hall–Kier alpha value is -0.760. The first-order valence-electron chi connectivity index (χ1n) is 6.43. The monoisotopic (exact) mass is 257 g/mol. The largest absolute Gasteiger partial charge is 0.384 e. The SMILES string of the molecule is CCCCCCCCNc1ccc(F)cc1Cl. The second kappa shape index (κ2) is 8.35. The van der Waals surface area contributed by atoms with Gasteiger partial charge in [-0.3, -0.25) is 0 Å². The lowest BCUT2D eigenvalue weighted by atomic mass is 10.1. The summed E-state index contributed by atoms with van der Waals surface area (Å²) < 4.78 is 12.8. The first-order valence-corrected chi connectivity index (χ1v) is 6.80. The van der Waals surface area contributed by atoms with Gasteiger partial charge in [0.15, 0.2) is 0 Å². The van der Waals surface area contributed by atoms with E-state index in [0.717, 1.165) is 18.7 Å². The van der Waals surface area contributed by atoms with Crippen LogP contribution in [0.5, 0.6) is 0 Å². The smallest absolute Gasteiger partial charge is 0.124 e. The Morgan fingerprint density at radius 2 is 1.82 bits per heavy atom. The van der Waals surface area contributed by atoms with Crippen molar-refractivity contribution in [2.45, 2.75) is 45.4 Å². The van der Waals surface area contributed by atoms with Gasteiger partial charge in [0.25, 0.3) is 0 Å².